The van der Waals surface area contributed by atoms with Gasteiger partial charge in [-0.15, -0.1) is 11.3 Å². The van der Waals surface area contributed by atoms with E-state index in [2.05, 4.69) is 24.1 Å². The van der Waals surface area contributed by atoms with Crippen molar-refractivity contribution in [2.24, 2.45) is 0 Å². The second kappa shape index (κ2) is 6.47. The highest BCUT2D eigenvalue weighted by molar-refractivity contribution is 7.93. The van der Waals surface area contributed by atoms with Crippen LogP contribution >= 0.6 is 11.3 Å². The third-order valence-corrected chi connectivity index (χ3v) is 6.07. The second-order valence-corrected chi connectivity index (χ2v) is 7.60. The number of benzene rings is 1. The molecular formula is C14H18N2O2S2. The van der Waals surface area contributed by atoms with Gasteiger partial charge in [0.1, 0.15) is 0 Å². The van der Waals surface area contributed by atoms with Crippen LogP contribution in [0.3, 0.4) is 0 Å². The van der Waals surface area contributed by atoms with Crippen molar-refractivity contribution in [1.82, 2.24) is 10.3 Å². The number of aromatic nitrogens is 1. The Balaban J connectivity index is 2.20. The number of likely N-dealkylation sites (N-methyl/N-ethyl adjacent to an activating group) is 1. The monoisotopic (exact) mass is 310 g/mol. The molecule has 0 saturated carbocycles. The van der Waals surface area contributed by atoms with Gasteiger partial charge in [-0.25, -0.2) is 13.4 Å². The van der Waals surface area contributed by atoms with E-state index in [-0.39, 0.29) is 4.34 Å². The van der Waals surface area contributed by atoms with E-state index < -0.39 is 9.84 Å². The van der Waals surface area contributed by atoms with Crippen molar-refractivity contribution in [1.29, 1.82) is 0 Å². The molecule has 1 atom stereocenters. The van der Waals surface area contributed by atoms with Crippen LogP contribution in [0.1, 0.15) is 25.3 Å². The maximum atomic E-state index is 12.3. The molecule has 0 saturated heterocycles. The minimum Gasteiger partial charge on any atom is -0.316 e. The van der Waals surface area contributed by atoms with Gasteiger partial charge in [0.25, 0.3) is 0 Å². The largest absolute Gasteiger partial charge is 0.316 e. The molecule has 1 aromatic carbocycles. The van der Waals surface area contributed by atoms with E-state index in [0.29, 0.717) is 10.8 Å². The molecule has 6 heteroatoms. The van der Waals surface area contributed by atoms with E-state index in [1.807, 2.05) is 12.1 Å². The molecule has 1 aromatic heterocycles. The first kappa shape index (κ1) is 15.2. The molecule has 0 unspecified atom stereocenters. The molecule has 0 aliphatic rings. The summed E-state index contributed by atoms with van der Waals surface area (Å²) in [6, 6.07) is 7.08. The fourth-order valence-electron chi connectivity index (χ4n) is 1.90. The van der Waals surface area contributed by atoms with Crippen LogP contribution in [0.4, 0.5) is 0 Å². The SMILES string of the molecule is CCNC[C@@H](C)c1ccc(S(=O)(=O)c2nccs2)cc1. The quantitative estimate of drug-likeness (QED) is 0.891. The van der Waals surface area contributed by atoms with Gasteiger partial charge < -0.3 is 5.32 Å². The third kappa shape index (κ3) is 3.26. The minimum atomic E-state index is -3.46. The molecule has 108 valence electrons. The predicted molar refractivity (Wildman–Crippen MR) is 81.0 cm³/mol. The van der Waals surface area contributed by atoms with E-state index in [1.54, 1.807) is 17.5 Å². The Morgan fingerprint density at radius 2 is 2.00 bits per heavy atom. The van der Waals surface area contributed by atoms with Crippen molar-refractivity contribution >= 4 is 21.2 Å². The minimum absolute atomic E-state index is 0.144. The summed E-state index contributed by atoms with van der Waals surface area (Å²) < 4.78 is 24.7. The van der Waals surface area contributed by atoms with Gasteiger partial charge in [0.15, 0.2) is 0 Å². The molecule has 0 aliphatic heterocycles. The lowest BCUT2D eigenvalue weighted by molar-refractivity contribution is 0.595. The number of rotatable bonds is 6. The zero-order valence-corrected chi connectivity index (χ0v) is 13.2. The molecule has 0 radical (unpaired) electrons. The molecule has 2 aromatic rings. The maximum Gasteiger partial charge on any atom is 0.233 e. The number of nitrogens with zero attached hydrogens (tertiary/aromatic N) is 1. The van der Waals surface area contributed by atoms with E-state index in [0.717, 1.165) is 30.0 Å². The molecule has 0 bridgehead atoms. The molecule has 2 rings (SSSR count). The summed E-state index contributed by atoms with van der Waals surface area (Å²) in [5, 5.41) is 4.95. The first-order valence-electron chi connectivity index (χ1n) is 6.51. The summed E-state index contributed by atoms with van der Waals surface area (Å²) in [7, 11) is -3.46. The average molecular weight is 310 g/mol. The summed E-state index contributed by atoms with van der Waals surface area (Å²) in [5.74, 6) is 0.353. The molecule has 0 spiro atoms. The highest BCUT2D eigenvalue weighted by Crippen LogP contribution is 2.24. The average Bonchev–Trinajstić information content (AvgIpc) is 3.00. The fraction of sp³-hybridized carbons (Fsp3) is 0.357. The molecule has 0 fully saturated rings. The number of sulfone groups is 1. The molecule has 20 heavy (non-hydrogen) atoms. The highest BCUT2D eigenvalue weighted by atomic mass is 32.2. The third-order valence-electron chi connectivity index (χ3n) is 3.10. The first-order chi connectivity index (χ1) is 9.55. The number of thiazole rings is 1. The number of nitrogens with one attached hydrogen (secondary N) is 1. The Morgan fingerprint density at radius 1 is 1.30 bits per heavy atom. The van der Waals surface area contributed by atoms with Crippen molar-refractivity contribution < 1.29 is 8.42 Å². The van der Waals surface area contributed by atoms with E-state index >= 15 is 0 Å². The Morgan fingerprint density at radius 3 is 2.55 bits per heavy atom. The number of hydrogen-bond acceptors (Lipinski definition) is 5. The van der Waals surface area contributed by atoms with E-state index in [9.17, 15) is 8.42 Å². The van der Waals surface area contributed by atoms with Gasteiger partial charge in [0.05, 0.1) is 4.90 Å². The van der Waals surface area contributed by atoms with Crippen LogP contribution in [0.2, 0.25) is 0 Å². The summed E-state index contributed by atoms with van der Waals surface area (Å²) >= 11 is 1.14. The molecule has 0 amide bonds. The summed E-state index contributed by atoms with van der Waals surface area (Å²) in [4.78, 5) is 4.18. The zero-order chi connectivity index (χ0) is 14.6. The first-order valence-corrected chi connectivity index (χ1v) is 8.87. The van der Waals surface area contributed by atoms with Gasteiger partial charge in [-0.1, -0.05) is 26.0 Å². The van der Waals surface area contributed by atoms with Gasteiger partial charge in [-0.2, -0.15) is 0 Å². The molecule has 1 heterocycles. The smallest absolute Gasteiger partial charge is 0.233 e. The predicted octanol–water partition coefficient (Wildman–Crippen LogP) is 2.69. The fourth-order valence-corrected chi connectivity index (χ4v) is 4.12. The molecule has 0 aliphatic carbocycles. The van der Waals surface area contributed by atoms with Crippen LogP contribution in [-0.2, 0) is 9.84 Å². The van der Waals surface area contributed by atoms with Crippen LogP contribution in [0.25, 0.3) is 0 Å². The van der Waals surface area contributed by atoms with Crippen molar-refractivity contribution in [2.75, 3.05) is 13.1 Å². The van der Waals surface area contributed by atoms with Gasteiger partial charge in [-0.05, 0) is 30.2 Å². The van der Waals surface area contributed by atoms with E-state index in [1.165, 1.54) is 6.20 Å². The number of hydrogen-bond donors (Lipinski definition) is 1. The van der Waals surface area contributed by atoms with Crippen LogP contribution in [0, 0.1) is 0 Å². The zero-order valence-electron chi connectivity index (χ0n) is 11.5. The molecular weight excluding hydrogens is 292 g/mol. The Kier molecular flexibility index (Phi) is 4.91. The topological polar surface area (TPSA) is 59.1 Å². The second-order valence-electron chi connectivity index (χ2n) is 4.58. The lowest BCUT2D eigenvalue weighted by atomic mass is 10.0. The summed E-state index contributed by atoms with van der Waals surface area (Å²) in [5.41, 5.74) is 1.13. The van der Waals surface area contributed by atoms with Crippen LogP contribution in [0.15, 0.2) is 45.1 Å². The van der Waals surface area contributed by atoms with Gasteiger partial charge in [0, 0.05) is 18.1 Å². The van der Waals surface area contributed by atoms with Gasteiger partial charge in [-0.3, -0.25) is 0 Å². The van der Waals surface area contributed by atoms with Gasteiger partial charge >= 0.3 is 0 Å². The Bertz CT molecular complexity index is 634. The Labute approximate surface area is 123 Å². The molecule has 4 nitrogen and oxygen atoms in total. The van der Waals surface area contributed by atoms with Crippen molar-refractivity contribution in [2.45, 2.75) is 29.0 Å². The summed E-state index contributed by atoms with van der Waals surface area (Å²) in [6.07, 6.45) is 1.50. The van der Waals surface area contributed by atoms with Crippen molar-refractivity contribution in [3.63, 3.8) is 0 Å². The summed E-state index contributed by atoms with van der Waals surface area (Å²) in [6.45, 7) is 6.00. The lowest BCUT2D eigenvalue weighted by Crippen LogP contribution is -2.19. The van der Waals surface area contributed by atoms with Gasteiger partial charge in [0.2, 0.25) is 14.2 Å². The highest BCUT2D eigenvalue weighted by Gasteiger charge is 2.20. The Hall–Kier alpha value is -1.24. The molecule has 1 N–H and O–H groups in total. The normalized spacial score (nSPS) is 13.3. The van der Waals surface area contributed by atoms with Crippen molar-refractivity contribution in [3.05, 3.63) is 41.4 Å². The lowest BCUT2D eigenvalue weighted by Gasteiger charge is -2.12. The van der Waals surface area contributed by atoms with Crippen LogP contribution < -0.4 is 5.32 Å². The van der Waals surface area contributed by atoms with Crippen LogP contribution in [0.5, 0.6) is 0 Å². The standard InChI is InChI=1S/C14H18N2O2S2/c1-3-15-10-11(2)12-4-6-13(7-5-12)20(17,18)14-16-8-9-19-14/h4-9,11,15H,3,10H2,1-2H3/t11-/m1/s1. The van der Waals surface area contributed by atoms with Crippen molar-refractivity contribution in [3.8, 4) is 0 Å². The maximum absolute atomic E-state index is 12.3. The van der Waals surface area contributed by atoms with Crippen LogP contribution in [-0.4, -0.2) is 26.5 Å². The van der Waals surface area contributed by atoms with E-state index in [4.69, 9.17) is 0 Å².